The van der Waals surface area contributed by atoms with Crippen LogP contribution in [0.1, 0.15) is 29.8 Å². The zero-order valence-electron chi connectivity index (χ0n) is 10.2. The summed E-state index contributed by atoms with van der Waals surface area (Å²) in [7, 11) is 0. The van der Waals surface area contributed by atoms with Gasteiger partial charge in [0.1, 0.15) is 0 Å². The summed E-state index contributed by atoms with van der Waals surface area (Å²) in [4.78, 5) is 25.2. The zero-order chi connectivity index (χ0) is 13.4. The van der Waals surface area contributed by atoms with Crippen molar-refractivity contribution < 1.29 is 9.59 Å². The molecule has 1 atom stereocenters. The predicted molar refractivity (Wildman–Crippen MR) is 75.5 cm³/mol. The Morgan fingerprint density at radius 3 is 2.67 bits per heavy atom. The first-order chi connectivity index (χ1) is 8.41. The average molecular weight is 331 g/mol. The van der Waals surface area contributed by atoms with Crippen molar-refractivity contribution in [2.75, 3.05) is 11.4 Å². The highest BCUT2D eigenvalue weighted by Crippen LogP contribution is 2.34. The molecule has 1 aromatic carbocycles. The van der Waals surface area contributed by atoms with Gasteiger partial charge in [-0.05, 0) is 31.0 Å². The van der Waals surface area contributed by atoms with Crippen LogP contribution in [0.5, 0.6) is 0 Å². The standard InChI is InChI=1S/C13H13BrClNO2/c1-7(15)13(18)10-6-12-9(5-11(10)14)3-4-16(12)8(2)17/h5-7H,3-4H2,1-2H3. The first-order valence-electron chi connectivity index (χ1n) is 5.70. The lowest BCUT2D eigenvalue weighted by Crippen LogP contribution is -2.26. The second kappa shape index (κ2) is 5.02. The molecule has 0 saturated carbocycles. The Morgan fingerprint density at radius 1 is 1.44 bits per heavy atom. The maximum atomic E-state index is 12.0. The van der Waals surface area contributed by atoms with Crippen LogP contribution in [0.2, 0.25) is 0 Å². The van der Waals surface area contributed by atoms with Gasteiger partial charge in [-0.1, -0.05) is 15.9 Å². The molecule has 0 radical (unpaired) electrons. The lowest BCUT2D eigenvalue weighted by molar-refractivity contribution is -0.116. The number of ketones is 1. The van der Waals surface area contributed by atoms with Crippen molar-refractivity contribution in [3.8, 4) is 0 Å². The van der Waals surface area contributed by atoms with Crippen LogP contribution in [-0.2, 0) is 11.2 Å². The molecule has 0 aromatic heterocycles. The minimum Gasteiger partial charge on any atom is -0.312 e. The van der Waals surface area contributed by atoms with E-state index in [1.807, 2.05) is 6.07 Å². The van der Waals surface area contributed by atoms with Gasteiger partial charge in [-0.3, -0.25) is 9.59 Å². The maximum absolute atomic E-state index is 12.0. The van der Waals surface area contributed by atoms with Gasteiger partial charge in [-0.2, -0.15) is 0 Å². The Hall–Kier alpha value is -0.870. The highest BCUT2D eigenvalue weighted by molar-refractivity contribution is 9.10. The summed E-state index contributed by atoms with van der Waals surface area (Å²) in [6.45, 7) is 3.85. The highest BCUT2D eigenvalue weighted by atomic mass is 79.9. The van der Waals surface area contributed by atoms with E-state index < -0.39 is 5.38 Å². The molecule has 2 rings (SSSR count). The van der Waals surface area contributed by atoms with Gasteiger partial charge >= 0.3 is 0 Å². The number of carbonyl (C=O) groups excluding carboxylic acids is 2. The van der Waals surface area contributed by atoms with Crippen molar-refractivity contribution in [1.29, 1.82) is 0 Å². The molecule has 5 heteroatoms. The van der Waals surface area contributed by atoms with E-state index in [1.54, 1.807) is 17.9 Å². The number of Topliss-reactive ketones (excluding diaryl/α,β-unsaturated/α-hetero) is 1. The number of amides is 1. The molecule has 1 unspecified atom stereocenters. The fraction of sp³-hybridized carbons (Fsp3) is 0.385. The number of rotatable bonds is 2. The molecule has 0 aliphatic carbocycles. The van der Waals surface area contributed by atoms with E-state index >= 15 is 0 Å². The smallest absolute Gasteiger partial charge is 0.223 e. The molecule has 1 aliphatic heterocycles. The Labute approximate surface area is 119 Å². The molecule has 1 heterocycles. The third kappa shape index (κ3) is 2.31. The molecule has 96 valence electrons. The topological polar surface area (TPSA) is 37.4 Å². The van der Waals surface area contributed by atoms with Crippen LogP contribution >= 0.6 is 27.5 Å². The van der Waals surface area contributed by atoms with Crippen LogP contribution in [0.3, 0.4) is 0 Å². The third-order valence-electron chi connectivity index (χ3n) is 3.07. The Bertz CT molecular complexity index is 528. The van der Waals surface area contributed by atoms with Crippen molar-refractivity contribution in [2.24, 2.45) is 0 Å². The summed E-state index contributed by atoms with van der Waals surface area (Å²) < 4.78 is 0.740. The summed E-state index contributed by atoms with van der Waals surface area (Å²) in [5, 5.41) is -0.577. The Kier molecular flexibility index (Phi) is 3.78. The molecule has 0 saturated heterocycles. The van der Waals surface area contributed by atoms with Crippen molar-refractivity contribution in [3.05, 3.63) is 27.7 Å². The number of halogens is 2. The number of fused-ring (bicyclic) bond motifs is 1. The molecule has 0 spiro atoms. The molecule has 1 amide bonds. The summed E-state index contributed by atoms with van der Waals surface area (Å²) >= 11 is 9.23. The molecule has 18 heavy (non-hydrogen) atoms. The quantitative estimate of drug-likeness (QED) is 0.617. The fourth-order valence-corrected chi connectivity index (χ4v) is 2.84. The summed E-state index contributed by atoms with van der Waals surface area (Å²) in [5.74, 6) is -0.143. The van der Waals surface area contributed by atoms with Crippen LogP contribution in [0, 0.1) is 0 Å². The molecule has 0 fully saturated rings. The summed E-state index contributed by atoms with van der Waals surface area (Å²) in [6.07, 6.45) is 0.818. The number of anilines is 1. The van der Waals surface area contributed by atoms with E-state index in [9.17, 15) is 9.59 Å². The van der Waals surface area contributed by atoms with Crippen molar-refractivity contribution in [3.63, 3.8) is 0 Å². The predicted octanol–water partition coefficient (Wildman–Crippen LogP) is 3.17. The van der Waals surface area contributed by atoms with Crippen molar-refractivity contribution in [2.45, 2.75) is 25.6 Å². The van der Waals surface area contributed by atoms with Crippen molar-refractivity contribution in [1.82, 2.24) is 0 Å². The molecular weight excluding hydrogens is 318 g/mol. The van der Waals surface area contributed by atoms with Gasteiger partial charge in [0.15, 0.2) is 5.78 Å². The second-order valence-electron chi connectivity index (χ2n) is 4.36. The first kappa shape index (κ1) is 13.6. The minimum atomic E-state index is -0.577. The Morgan fingerprint density at radius 2 is 2.11 bits per heavy atom. The number of alkyl halides is 1. The van der Waals surface area contributed by atoms with Gasteiger partial charge in [-0.25, -0.2) is 0 Å². The van der Waals surface area contributed by atoms with Gasteiger partial charge in [0, 0.05) is 29.2 Å². The van der Waals surface area contributed by atoms with Gasteiger partial charge in [0.25, 0.3) is 0 Å². The highest BCUT2D eigenvalue weighted by Gasteiger charge is 2.26. The largest absolute Gasteiger partial charge is 0.312 e. The molecule has 1 aliphatic rings. The third-order valence-corrected chi connectivity index (χ3v) is 3.92. The fourth-order valence-electron chi connectivity index (χ4n) is 2.14. The molecule has 1 aromatic rings. The Balaban J connectivity index is 2.50. The molecule has 0 N–H and O–H groups in total. The second-order valence-corrected chi connectivity index (χ2v) is 5.87. The van der Waals surface area contributed by atoms with Gasteiger partial charge < -0.3 is 4.90 Å². The first-order valence-corrected chi connectivity index (χ1v) is 6.93. The normalized spacial score (nSPS) is 15.4. The van der Waals surface area contributed by atoms with Gasteiger partial charge in [-0.15, -0.1) is 11.6 Å². The lowest BCUT2D eigenvalue weighted by atomic mass is 10.0. The SMILES string of the molecule is CC(=O)N1CCc2cc(Br)c(C(=O)C(C)Cl)cc21. The van der Waals surface area contributed by atoms with Crippen LogP contribution < -0.4 is 4.90 Å². The van der Waals surface area contributed by atoms with E-state index in [1.165, 1.54) is 6.92 Å². The van der Waals surface area contributed by atoms with Gasteiger partial charge in [0.2, 0.25) is 5.91 Å². The van der Waals surface area contributed by atoms with Crippen LogP contribution in [-0.4, -0.2) is 23.6 Å². The minimum absolute atomic E-state index is 0.00612. The molecular formula is C13H13BrClNO2. The maximum Gasteiger partial charge on any atom is 0.223 e. The average Bonchev–Trinajstić information content (AvgIpc) is 2.69. The van der Waals surface area contributed by atoms with Crippen molar-refractivity contribution >= 4 is 44.9 Å². The summed E-state index contributed by atoms with van der Waals surface area (Å²) in [5.41, 5.74) is 2.44. The zero-order valence-corrected chi connectivity index (χ0v) is 12.5. The van der Waals surface area contributed by atoms with E-state index in [0.717, 1.165) is 22.1 Å². The van der Waals surface area contributed by atoms with Crippen LogP contribution in [0.25, 0.3) is 0 Å². The molecule has 3 nitrogen and oxygen atoms in total. The van der Waals surface area contributed by atoms with Crippen LogP contribution in [0.4, 0.5) is 5.69 Å². The summed E-state index contributed by atoms with van der Waals surface area (Å²) in [6, 6.07) is 3.67. The van der Waals surface area contributed by atoms with Gasteiger partial charge in [0.05, 0.1) is 5.38 Å². The number of carbonyl (C=O) groups is 2. The van der Waals surface area contributed by atoms with Crippen LogP contribution in [0.15, 0.2) is 16.6 Å². The molecule has 0 bridgehead atoms. The number of hydrogen-bond donors (Lipinski definition) is 0. The number of hydrogen-bond acceptors (Lipinski definition) is 2. The lowest BCUT2D eigenvalue weighted by Gasteiger charge is -2.16. The number of nitrogens with zero attached hydrogens (tertiary/aromatic N) is 1. The van der Waals surface area contributed by atoms with E-state index in [-0.39, 0.29) is 11.7 Å². The number of benzene rings is 1. The van der Waals surface area contributed by atoms with E-state index in [2.05, 4.69) is 15.9 Å². The van der Waals surface area contributed by atoms with E-state index in [0.29, 0.717) is 12.1 Å². The van der Waals surface area contributed by atoms with E-state index in [4.69, 9.17) is 11.6 Å². The monoisotopic (exact) mass is 329 g/mol.